The third-order valence-corrected chi connectivity index (χ3v) is 2.94. The van der Waals surface area contributed by atoms with Crippen molar-refractivity contribution in [3.63, 3.8) is 0 Å². The summed E-state index contributed by atoms with van der Waals surface area (Å²) in [5, 5.41) is 0. The van der Waals surface area contributed by atoms with E-state index < -0.39 is 0 Å². The highest BCUT2D eigenvalue weighted by atomic mass is 32.2. The Bertz CT molecular complexity index is 285. The summed E-state index contributed by atoms with van der Waals surface area (Å²) < 4.78 is 4.85. The van der Waals surface area contributed by atoms with E-state index in [-0.39, 0.29) is 5.97 Å². The van der Waals surface area contributed by atoms with E-state index in [2.05, 4.69) is 12.1 Å². The summed E-state index contributed by atoms with van der Waals surface area (Å²) >= 11 is 1.77. The van der Waals surface area contributed by atoms with Gasteiger partial charge in [0.2, 0.25) is 0 Å². The number of ether oxygens (including phenoxy) is 1. The molecule has 0 aliphatic heterocycles. The highest BCUT2D eigenvalue weighted by Gasteiger charge is 2.00. The van der Waals surface area contributed by atoms with Crippen molar-refractivity contribution in [2.24, 2.45) is 0 Å². The van der Waals surface area contributed by atoms with Crippen LogP contribution in [0, 0.1) is 0 Å². The SMILES string of the molecule is CCOC(=O)CCCSc1ccccc1. The topological polar surface area (TPSA) is 26.3 Å². The Kier molecular flexibility index (Phi) is 5.93. The van der Waals surface area contributed by atoms with E-state index in [0.717, 1.165) is 12.2 Å². The molecule has 0 saturated carbocycles. The number of thioether (sulfide) groups is 1. The molecule has 1 aromatic carbocycles. The molecular weight excluding hydrogens is 208 g/mol. The van der Waals surface area contributed by atoms with E-state index in [1.165, 1.54) is 4.90 Å². The van der Waals surface area contributed by atoms with Crippen LogP contribution in [0.1, 0.15) is 19.8 Å². The summed E-state index contributed by atoms with van der Waals surface area (Å²) in [5.74, 6) is 0.870. The summed E-state index contributed by atoms with van der Waals surface area (Å²) in [7, 11) is 0. The molecule has 0 spiro atoms. The lowest BCUT2D eigenvalue weighted by molar-refractivity contribution is -0.143. The van der Waals surface area contributed by atoms with Gasteiger partial charge in [-0.15, -0.1) is 11.8 Å². The zero-order chi connectivity index (χ0) is 10.9. The molecule has 82 valence electrons. The lowest BCUT2D eigenvalue weighted by atomic mass is 10.3. The molecule has 0 aromatic heterocycles. The first-order valence-corrected chi connectivity index (χ1v) is 6.15. The van der Waals surface area contributed by atoms with Crippen LogP contribution in [0.3, 0.4) is 0 Å². The largest absolute Gasteiger partial charge is 0.466 e. The number of hydrogen-bond donors (Lipinski definition) is 0. The van der Waals surface area contributed by atoms with Gasteiger partial charge in [-0.3, -0.25) is 4.79 Å². The van der Waals surface area contributed by atoms with E-state index >= 15 is 0 Å². The van der Waals surface area contributed by atoms with E-state index in [1.807, 2.05) is 25.1 Å². The van der Waals surface area contributed by atoms with Crippen LogP contribution in [0.2, 0.25) is 0 Å². The van der Waals surface area contributed by atoms with Gasteiger partial charge in [-0.05, 0) is 31.2 Å². The third kappa shape index (κ3) is 5.47. The average Bonchev–Trinajstić information content (AvgIpc) is 2.26. The molecule has 0 amide bonds. The molecule has 0 aliphatic rings. The van der Waals surface area contributed by atoms with Crippen LogP contribution < -0.4 is 0 Å². The summed E-state index contributed by atoms with van der Waals surface area (Å²) in [6, 6.07) is 10.2. The van der Waals surface area contributed by atoms with Crippen LogP contribution >= 0.6 is 11.8 Å². The zero-order valence-electron chi connectivity index (χ0n) is 8.94. The second-order valence-corrected chi connectivity index (χ2v) is 4.24. The monoisotopic (exact) mass is 224 g/mol. The van der Waals surface area contributed by atoms with Crippen LogP contribution in [0.15, 0.2) is 35.2 Å². The Labute approximate surface area is 95.0 Å². The van der Waals surface area contributed by atoms with E-state index in [9.17, 15) is 4.79 Å². The van der Waals surface area contributed by atoms with Crippen molar-refractivity contribution in [3.05, 3.63) is 30.3 Å². The Morgan fingerprint density at radius 1 is 1.33 bits per heavy atom. The lowest BCUT2D eigenvalue weighted by Gasteiger charge is -2.02. The van der Waals surface area contributed by atoms with Crippen LogP contribution in [-0.2, 0) is 9.53 Å². The van der Waals surface area contributed by atoms with Crippen LogP contribution in [-0.4, -0.2) is 18.3 Å². The first kappa shape index (κ1) is 12.1. The number of benzene rings is 1. The van der Waals surface area contributed by atoms with Crippen molar-refractivity contribution < 1.29 is 9.53 Å². The minimum atomic E-state index is -0.0915. The standard InChI is InChI=1S/C12H16O2S/c1-2-14-12(13)9-6-10-15-11-7-4-3-5-8-11/h3-5,7-8H,2,6,9-10H2,1H3. The molecule has 0 N–H and O–H groups in total. The number of carbonyl (C=O) groups excluding carboxylic acids is 1. The maximum Gasteiger partial charge on any atom is 0.305 e. The quantitative estimate of drug-likeness (QED) is 0.422. The fourth-order valence-corrected chi connectivity index (χ4v) is 2.03. The predicted molar refractivity (Wildman–Crippen MR) is 63.0 cm³/mol. The fourth-order valence-electron chi connectivity index (χ4n) is 1.16. The Morgan fingerprint density at radius 3 is 2.73 bits per heavy atom. The minimum Gasteiger partial charge on any atom is -0.466 e. The Morgan fingerprint density at radius 2 is 2.07 bits per heavy atom. The van der Waals surface area contributed by atoms with Crippen molar-refractivity contribution in [1.29, 1.82) is 0 Å². The summed E-state index contributed by atoms with van der Waals surface area (Å²) in [6.45, 7) is 2.31. The maximum atomic E-state index is 11.0. The number of rotatable bonds is 6. The van der Waals surface area contributed by atoms with Gasteiger partial charge in [-0.2, -0.15) is 0 Å². The predicted octanol–water partition coefficient (Wildman–Crippen LogP) is 3.12. The van der Waals surface area contributed by atoms with Gasteiger partial charge in [0.1, 0.15) is 0 Å². The van der Waals surface area contributed by atoms with Gasteiger partial charge in [0.05, 0.1) is 6.61 Å². The van der Waals surface area contributed by atoms with Crippen molar-refractivity contribution >= 4 is 17.7 Å². The van der Waals surface area contributed by atoms with Gasteiger partial charge in [0, 0.05) is 11.3 Å². The van der Waals surface area contributed by atoms with Gasteiger partial charge >= 0.3 is 5.97 Å². The van der Waals surface area contributed by atoms with Gasteiger partial charge in [0.15, 0.2) is 0 Å². The van der Waals surface area contributed by atoms with Crippen LogP contribution in [0.5, 0.6) is 0 Å². The molecule has 0 atom stereocenters. The molecule has 2 nitrogen and oxygen atoms in total. The molecule has 0 fully saturated rings. The smallest absolute Gasteiger partial charge is 0.305 e. The molecule has 0 saturated heterocycles. The molecule has 0 bridgehead atoms. The normalized spacial score (nSPS) is 9.93. The first-order valence-electron chi connectivity index (χ1n) is 5.16. The minimum absolute atomic E-state index is 0.0915. The number of carbonyl (C=O) groups is 1. The van der Waals surface area contributed by atoms with Crippen molar-refractivity contribution in [2.45, 2.75) is 24.7 Å². The Hall–Kier alpha value is -0.960. The molecular formula is C12H16O2S. The lowest BCUT2D eigenvalue weighted by Crippen LogP contribution is -2.03. The van der Waals surface area contributed by atoms with Crippen molar-refractivity contribution in [3.8, 4) is 0 Å². The maximum absolute atomic E-state index is 11.0. The molecule has 0 unspecified atom stereocenters. The van der Waals surface area contributed by atoms with E-state index in [1.54, 1.807) is 11.8 Å². The molecule has 15 heavy (non-hydrogen) atoms. The molecule has 0 aliphatic carbocycles. The first-order chi connectivity index (χ1) is 7.33. The van der Waals surface area contributed by atoms with Gasteiger partial charge in [-0.25, -0.2) is 0 Å². The van der Waals surface area contributed by atoms with E-state index in [0.29, 0.717) is 13.0 Å². The second-order valence-electron chi connectivity index (χ2n) is 3.07. The summed E-state index contributed by atoms with van der Waals surface area (Å²) in [5.41, 5.74) is 0. The van der Waals surface area contributed by atoms with Crippen LogP contribution in [0.4, 0.5) is 0 Å². The van der Waals surface area contributed by atoms with E-state index in [4.69, 9.17) is 4.74 Å². The molecule has 0 heterocycles. The molecule has 3 heteroatoms. The van der Waals surface area contributed by atoms with Crippen molar-refractivity contribution in [2.75, 3.05) is 12.4 Å². The summed E-state index contributed by atoms with van der Waals surface area (Å²) in [6.07, 6.45) is 1.39. The highest BCUT2D eigenvalue weighted by Crippen LogP contribution is 2.18. The van der Waals surface area contributed by atoms with Crippen LogP contribution in [0.25, 0.3) is 0 Å². The average molecular weight is 224 g/mol. The third-order valence-electron chi connectivity index (χ3n) is 1.84. The number of esters is 1. The van der Waals surface area contributed by atoms with Gasteiger partial charge in [0.25, 0.3) is 0 Å². The van der Waals surface area contributed by atoms with Gasteiger partial charge in [-0.1, -0.05) is 18.2 Å². The second kappa shape index (κ2) is 7.35. The fraction of sp³-hybridized carbons (Fsp3) is 0.417. The van der Waals surface area contributed by atoms with Gasteiger partial charge < -0.3 is 4.74 Å². The molecule has 0 radical (unpaired) electrons. The zero-order valence-corrected chi connectivity index (χ0v) is 9.76. The summed E-state index contributed by atoms with van der Waals surface area (Å²) in [4.78, 5) is 12.3. The highest BCUT2D eigenvalue weighted by molar-refractivity contribution is 7.99. The molecule has 1 rings (SSSR count). The van der Waals surface area contributed by atoms with Crippen molar-refractivity contribution in [1.82, 2.24) is 0 Å². The Balaban J connectivity index is 2.10. The molecule has 1 aromatic rings. The number of hydrogen-bond acceptors (Lipinski definition) is 3.